The van der Waals surface area contributed by atoms with Crippen LogP contribution in [0.15, 0.2) is 42.0 Å². The van der Waals surface area contributed by atoms with Crippen molar-refractivity contribution in [3.05, 3.63) is 58.2 Å². The number of imidazole rings is 1. The van der Waals surface area contributed by atoms with Crippen LogP contribution in [0.2, 0.25) is 0 Å². The molecule has 0 bridgehead atoms. The summed E-state index contributed by atoms with van der Waals surface area (Å²) in [6.45, 7) is 2.48. The van der Waals surface area contributed by atoms with Crippen molar-refractivity contribution in [2.75, 3.05) is 0 Å². The van der Waals surface area contributed by atoms with Crippen molar-refractivity contribution in [3.8, 4) is 0 Å². The van der Waals surface area contributed by atoms with Gasteiger partial charge in [-0.15, -0.1) is 11.3 Å². The number of nitrogens with one attached hydrogen (secondary N) is 1. The van der Waals surface area contributed by atoms with E-state index in [1.54, 1.807) is 0 Å². The Balaban J connectivity index is 1.73. The first-order valence-corrected chi connectivity index (χ1v) is 6.86. The number of hydrogen-bond acceptors (Lipinski definition) is 3. The highest BCUT2D eigenvalue weighted by Crippen LogP contribution is 2.09. The predicted octanol–water partition coefficient (Wildman–Crippen LogP) is 2.63. The first-order chi connectivity index (χ1) is 9.22. The number of aromatic nitrogens is 2. The van der Waals surface area contributed by atoms with Crippen LogP contribution >= 0.6 is 11.3 Å². The van der Waals surface area contributed by atoms with Gasteiger partial charge in [0, 0.05) is 12.4 Å². The molecule has 1 amide bonds. The van der Waals surface area contributed by atoms with E-state index in [0.29, 0.717) is 6.54 Å². The summed E-state index contributed by atoms with van der Waals surface area (Å²) < 4.78 is 1.97. The second-order valence-corrected chi connectivity index (χ2v) is 5.31. The van der Waals surface area contributed by atoms with Crippen molar-refractivity contribution in [1.29, 1.82) is 0 Å². The van der Waals surface area contributed by atoms with Crippen LogP contribution in [0.3, 0.4) is 0 Å². The molecule has 0 unspecified atom stereocenters. The molecule has 3 aromatic heterocycles. The minimum absolute atomic E-state index is 0.0526. The van der Waals surface area contributed by atoms with E-state index < -0.39 is 0 Å². The fourth-order valence-corrected chi connectivity index (χ4v) is 2.55. The molecule has 19 heavy (non-hydrogen) atoms. The smallest absolute Gasteiger partial charge is 0.261 e. The number of rotatable bonds is 3. The molecule has 1 N–H and O–H groups in total. The molecule has 5 heteroatoms. The largest absolute Gasteiger partial charge is 0.346 e. The molecule has 3 heterocycles. The summed E-state index contributed by atoms with van der Waals surface area (Å²) in [5.74, 6) is -0.0526. The highest BCUT2D eigenvalue weighted by Gasteiger charge is 2.07. The average molecular weight is 271 g/mol. The number of nitrogens with zero attached hydrogens (tertiary/aromatic N) is 2. The first kappa shape index (κ1) is 11.9. The number of carbonyl (C=O) groups excluding carboxylic acids is 1. The minimum Gasteiger partial charge on any atom is -0.346 e. The van der Waals surface area contributed by atoms with Crippen LogP contribution in [0.5, 0.6) is 0 Å². The van der Waals surface area contributed by atoms with Crippen molar-refractivity contribution in [2.45, 2.75) is 13.5 Å². The van der Waals surface area contributed by atoms with Crippen LogP contribution in [0.1, 0.15) is 20.9 Å². The second kappa shape index (κ2) is 4.85. The topological polar surface area (TPSA) is 46.4 Å². The Morgan fingerprint density at radius 2 is 2.26 bits per heavy atom. The van der Waals surface area contributed by atoms with Gasteiger partial charge in [0.1, 0.15) is 5.65 Å². The van der Waals surface area contributed by atoms with E-state index in [4.69, 9.17) is 0 Å². The molecule has 4 nitrogen and oxygen atoms in total. The Hall–Kier alpha value is -2.14. The van der Waals surface area contributed by atoms with E-state index in [9.17, 15) is 4.79 Å². The Bertz CT molecular complexity index is 715. The van der Waals surface area contributed by atoms with Crippen molar-refractivity contribution in [3.63, 3.8) is 0 Å². The summed E-state index contributed by atoms with van der Waals surface area (Å²) in [6, 6.07) is 7.68. The minimum atomic E-state index is -0.0526. The normalized spacial score (nSPS) is 10.8. The summed E-state index contributed by atoms with van der Waals surface area (Å²) in [7, 11) is 0. The third-order valence-electron chi connectivity index (χ3n) is 2.82. The summed E-state index contributed by atoms with van der Waals surface area (Å²) in [6.07, 6.45) is 3.96. The lowest BCUT2D eigenvalue weighted by Crippen LogP contribution is -2.21. The number of amides is 1. The molecule has 96 valence electrons. The molecule has 0 aliphatic heterocycles. The number of hydrogen-bond donors (Lipinski definition) is 1. The summed E-state index contributed by atoms with van der Waals surface area (Å²) >= 11 is 1.44. The third-order valence-corrected chi connectivity index (χ3v) is 3.69. The van der Waals surface area contributed by atoms with Gasteiger partial charge in [0.2, 0.25) is 0 Å². The number of carbonyl (C=O) groups is 1. The fraction of sp³-hybridized carbons (Fsp3) is 0.143. The zero-order valence-electron chi connectivity index (χ0n) is 10.5. The Morgan fingerprint density at radius 1 is 1.37 bits per heavy atom. The highest BCUT2D eigenvalue weighted by molar-refractivity contribution is 7.12. The van der Waals surface area contributed by atoms with Crippen LogP contribution < -0.4 is 5.32 Å². The van der Waals surface area contributed by atoms with Crippen LogP contribution in [-0.4, -0.2) is 15.3 Å². The molecule has 0 radical (unpaired) electrons. The summed E-state index contributed by atoms with van der Waals surface area (Å²) in [4.78, 5) is 17.0. The molecule has 3 aromatic rings. The van der Waals surface area contributed by atoms with Gasteiger partial charge >= 0.3 is 0 Å². The Kier molecular flexibility index (Phi) is 3.05. The van der Waals surface area contributed by atoms with E-state index in [1.165, 1.54) is 16.9 Å². The van der Waals surface area contributed by atoms with Crippen molar-refractivity contribution in [2.24, 2.45) is 0 Å². The lowest BCUT2D eigenvalue weighted by molar-refractivity contribution is 0.0954. The van der Waals surface area contributed by atoms with Crippen LogP contribution in [0.4, 0.5) is 0 Å². The van der Waals surface area contributed by atoms with Crippen LogP contribution in [0, 0.1) is 6.92 Å². The predicted molar refractivity (Wildman–Crippen MR) is 75.4 cm³/mol. The molecular weight excluding hydrogens is 258 g/mol. The molecule has 0 aromatic carbocycles. The van der Waals surface area contributed by atoms with Crippen molar-refractivity contribution < 1.29 is 4.79 Å². The average Bonchev–Trinajstić information content (AvgIpc) is 3.04. The fourth-order valence-electron chi connectivity index (χ4n) is 1.91. The maximum Gasteiger partial charge on any atom is 0.261 e. The van der Waals surface area contributed by atoms with Gasteiger partial charge in [0.15, 0.2) is 0 Å². The van der Waals surface area contributed by atoms with Gasteiger partial charge in [-0.05, 0) is 30.0 Å². The maximum atomic E-state index is 11.8. The van der Waals surface area contributed by atoms with E-state index in [0.717, 1.165) is 16.2 Å². The molecule has 0 saturated heterocycles. The van der Waals surface area contributed by atoms with E-state index >= 15 is 0 Å². The van der Waals surface area contributed by atoms with Gasteiger partial charge < -0.3 is 9.72 Å². The lowest BCUT2D eigenvalue weighted by Gasteiger charge is -1.99. The van der Waals surface area contributed by atoms with Gasteiger partial charge in [-0.3, -0.25) is 4.79 Å². The Labute approximate surface area is 114 Å². The van der Waals surface area contributed by atoms with Crippen molar-refractivity contribution in [1.82, 2.24) is 14.7 Å². The number of aryl methyl sites for hydroxylation is 1. The lowest BCUT2D eigenvalue weighted by atomic mass is 10.3. The van der Waals surface area contributed by atoms with Gasteiger partial charge in [-0.1, -0.05) is 12.1 Å². The molecule has 0 saturated carbocycles. The van der Waals surface area contributed by atoms with Gasteiger partial charge in [0.05, 0.1) is 17.1 Å². The van der Waals surface area contributed by atoms with Crippen molar-refractivity contribution >= 4 is 22.9 Å². The van der Waals surface area contributed by atoms with E-state index in [1.807, 2.05) is 53.4 Å². The molecule has 0 atom stereocenters. The number of thiophene rings is 1. The molecule has 0 aliphatic carbocycles. The van der Waals surface area contributed by atoms with Gasteiger partial charge in [0.25, 0.3) is 5.91 Å². The molecule has 0 fully saturated rings. The number of pyridine rings is 1. The molecule has 0 spiro atoms. The standard InChI is InChI=1S/C14H13N3OS/c1-10-4-5-13-16-11(9-17(13)8-10)7-15-14(18)12-3-2-6-19-12/h2-6,8-9H,7H2,1H3,(H,15,18). The quantitative estimate of drug-likeness (QED) is 0.796. The molecular formula is C14H13N3OS. The van der Waals surface area contributed by atoms with Gasteiger partial charge in [-0.25, -0.2) is 4.98 Å². The van der Waals surface area contributed by atoms with E-state index in [2.05, 4.69) is 10.3 Å². The SMILES string of the molecule is Cc1ccc2nc(CNC(=O)c3cccs3)cn2c1. The van der Waals surface area contributed by atoms with Crippen LogP contribution in [-0.2, 0) is 6.54 Å². The van der Waals surface area contributed by atoms with Crippen LogP contribution in [0.25, 0.3) is 5.65 Å². The second-order valence-electron chi connectivity index (χ2n) is 4.36. The number of fused-ring (bicyclic) bond motifs is 1. The highest BCUT2D eigenvalue weighted by atomic mass is 32.1. The Morgan fingerprint density at radius 3 is 3.05 bits per heavy atom. The molecule has 3 rings (SSSR count). The summed E-state index contributed by atoms with van der Waals surface area (Å²) in [5.41, 5.74) is 2.93. The molecule has 0 aliphatic rings. The summed E-state index contributed by atoms with van der Waals surface area (Å²) in [5, 5.41) is 4.76. The zero-order valence-corrected chi connectivity index (χ0v) is 11.3. The third kappa shape index (κ3) is 2.51. The maximum absolute atomic E-state index is 11.8. The first-order valence-electron chi connectivity index (χ1n) is 5.98. The monoisotopic (exact) mass is 271 g/mol. The zero-order chi connectivity index (χ0) is 13.2. The van der Waals surface area contributed by atoms with Gasteiger partial charge in [-0.2, -0.15) is 0 Å². The van der Waals surface area contributed by atoms with E-state index in [-0.39, 0.29) is 5.91 Å².